The Labute approximate surface area is 104 Å². The summed E-state index contributed by atoms with van der Waals surface area (Å²) in [6, 6.07) is 2.17. The second-order valence-electron chi connectivity index (χ2n) is 4.92. The molecule has 0 unspecified atom stereocenters. The van der Waals surface area contributed by atoms with Crippen LogP contribution in [0.2, 0.25) is 0 Å². The minimum Gasteiger partial charge on any atom is -0.303 e. The molecule has 4 heteroatoms. The van der Waals surface area contributed by atoms with Crippen molar-refractivity contribution in [2.75, 3.05) is 0 Å². The van der Waals surface area contributed by atoms with Gasteiger partial charge in [0.2, 0.25) is 0 Å². The molecule has 0 amide bonds. The molecular weight excluding hydrogens is 241 g/mol. The molecule has 1 saturated carbocycles. The van der Waals surface area contributed by atoms with Crippen molar-refractivity contribution < 1.29 is 18.0 Å². The third-order valence-corrected chi connectivity index (χ3v) is 3.75. The molecule has 18 heavy (non-hydrogen) atoms. The Morgan fingerprint density at radius 3 is 2.11 bits per heavy atom. The lowest BCUT2D eigenvalue weighted by molar-refractivity contribution is -0.108. The number of hydrogen-bond donors (Lipinski definition) is 0. The molecule has 1 nitrogen and oxygen atoms in total. The first-order chi connectivity index (χ1) is 8.61. The number of aldehydes is 1. The number of rotatable bonds is 3. The van der Waals surface area contributed by atoms with E-state index in [4.69, 9.17) is 0 Å². The van der Waals surface area contributed by atoms with Crippen molar-refractivity contribution in [3.05, 3.63) is 35.1 Å². The highest BCUT2D eigenvalue weighted by atomic mass is 19.2. The molecule has 1 fully saturated rings. The summed E-state index contributed by atoms with van der Waals surface area (Å²) in [5.41, 5.74) is 0.524. The van der Waals surface area contributed by atoms with Gasteiger partial charge in [0.1, 0.15) is 6.29 Å². The summed E-state index contributed by atoms with van der Waals surface area (Å²) in [5.74, 6) is -3.21. The highest BCUT2D eigenvalue weighted by Gasteiger charge is 2.24. The van der Waals surface area contributed by atoms with Gasteiger partial charge >= 0.3 is 0 Å². The molecule has 1 aromatic rings. The van der Waals surface area contributed by atoms with Crippen LogP contribution in [-0.4, -0.2) is 6.29 Å². The van der Waals surface area contributed by atoms with Gasteiger partial charge in [0.05, 0.1) is 0 Å². The monoisotopic (exact) mass is 256 g/mol. The first kappa shape index (κ1) is 13.1. The number of halogens is 3. The highest BCUT2D eigenvalue weighted by Crippen LogP contribution is 2.37. The van der Waals surface area contributed by atoms with Gasteiger partial charge in [0.25, 0.3) is 0 Å². The van der Waals surface area contributed by atoms with Gasteiger partial charge in [-0.25, -0.2) is 13.2 Å². The van der Waals surface area contributed by atoms with Crippen molar-refractivity contribution in [2.24, 2.45) is 5.92 Å². The lowest BCUT2D eigenvalue weighted by Crippen LogP contribution is -2.14. The Morgan fingerprint density at radius 1 is 1.06 bits per heavy atom. The third-order valence-electron chi connectivity index (χ3n) is 3.75. The molecule has 0 saturated heterocycles. The van der Waals surface area contributed by atoms with E-state index in [-0.39, 0.29) is 5.92 Å². The van der Waals surface area contributed by atoms with Gasteiger partial charge in [-0.3, -0.25) is 0 Å². The summed E-state index contributed by atoms with van der Waals surface area (Å²) in [7, 11) is 0. The first-order valence-corrected chi connectivity index (χ1v) is 6.20. The molecule has 0 atom stereocenters. The molecule has 0 heterocycles. The van der Waals surface area contributed by atoms with Crippen LogP contribution < -0.4 is 0 Å². The topological polar surface area (TPSA) is 17.1 Å². The number of benzene rings is 1. The third kappa shape index (κ3) is 2.74. The molecule has 0 aliphatic heterocycles. The lowest BCUT2D eigenvalue weighted by Gasteiger charge is -2.27. The zero-order chi connectivity index (χ0) is 13.1. The van der Waals surface area contributed by atoms with E-state index in [9.17, 15) is 18.0 Å². The van der Waals surface area contributed by atoms with E-state index in [1.54, 1.807) is 0 Å². The van der Waals surface area contributed by atoms with E-state index in [0.29, 0.717) is 17.9 Å². The fourth-order valence-corrected chi connectivity index (χ4v) is 2.68. The minimum absolute atomic E-state index is 0.0671. The van der Waals surface area contributed by atoms with Gasteiger partial charge in [-0.1, -0.05) is 0 Å². The van der Waals surface area contributed by atoms with E-state index in [0.717, 1.165) is 44.1 Å². The van der Waals surface area contributed by atoms with Crippen LogP contribution in [0.1, 0.15) is 43.6 Å². The van der Waals surface area contributed by atoms with Gasteiger partial charge < -0.3 is 4.79 Å². The molecule has 2 rings (SSSR count). The fourth-order valence-electron chi connectivity index (χ4n) is 2.68. The Bertz CT molecular complexity index is 414. The van der Waals surface area contributed by atoms with Gasteiger partial charge in [0.15, 0.2) is 17.5 Å². The predicted molar refractivity (Wildman–Crippen MR) is 61.7 cm³/mol. The van der Waals surface area contributed by atoms with Crippen molar-refractivity contribution in [1.29, 1.82) is 0 Å². The normalized spacial score (nSPS) is 23.9. The van der Waals surface area contributed by atoms with Crippen LogP contribution in [0.5, 0.6) is 0 Å². The predicted octanol–water partition coefficient (Wildman–Crippen LogP) is 3.97. The standard InChI is InChI=1S/C14H15F3O/c15-12-7-11(8-13(16)14(12)17)10-3-1-9(2-4-10)5-6-18/h6-10H,1-5H2. The van der Waals surface area contributed by atoms with Crippen molar-refractivity contribution in [3.63, 3.8) is 0 Å². The van der Waals surface area contributed by atoms with Crippen LogP contribution in [-0.2, 0) is 4.79 Å². The molecule has 0 N–H and O–H groups in total. The smallest absolute Gasteiger partial charge is 0.194 e. The summed E-state index contributed by atoms with van der Waals surface area (Å²) in [6.45, 7) is 0. The van der Waals surface area contributed by atoms with Crippen LogP contribution in [0.15, 0.2) is 12.1 Å². The molecule has 0 spiro atoms. The molecule has 1 aliphatic carbocycles. The van der Waals surface area contributed by atoms with E-state index in [2.05, 4.69) is 0 Å². The molecule has 98 valence electrons. The SMILES string of the molecule is O=CCC1CCC(c2cc(F)c(F)c(F)c2)CC1. The average Bonchev–Trinajstić information content (AvgIpc) is 2.37. The molecule has 0 aromatic heterocycles. The summed E-state index contributed by atoms with van der Waals surface area (Å²) in [5, 5.41) is 0. The number of hydrogen-bond acceptors (Lipinski definition) is 1. The van der Waals surface area contributed by atoms with Crippen LogP contribution in [0.3, 0.4) is 0 Å². The molecule has 0 bridgehead atoms. The molecule has 1 aromatic carbocycles. The second-order valence-corrected chi connectivity index (χ2v) is 4.92. The van der Waals surface area contributed by atoms with Gasteiger partial charge in [0, 0.05) is 6.42 Å². The summed E-state index contributed by atoms with van der Waals surface area (Å²) in [4.78, 5) is 10.4. The summed E-state index contributed by atoms with van der Waals surface area (Å²) < 4.78 is 39.1. The average molecular weight is 256 g/mol. The van der Waals surface area contributed by atoms with Crippen molar-refractivity contribution >= 4 is 6.29 Å². The fraction of sp³-hybridized carbons (Fsp3) is 0.500. The van der Waals surface area contributed by atoms with Crippen molar-refractivity contribution in [2.45, 2.75) is 38.0 Å². The molecule has 1 aliphatic rings. The van der Waals surface area contributed by atoms with Crippen LogP contribution >= 0.6 is 0 Å². The Kier molecular flexibility index (Phi) is 4.04. The second kappa shape index (κ2) is 5.55. The summed E-state index contributed by atoms with van der Waals surface area (Å²) in [6.07, 6.45) is 4.82. The Hall–Kier alpha value is -1.32. The largest absolute Gasteiger partial charge is 0.303 e. The number of carbonyl (C=O) groups excluding carboxylic acids is 1. The van der Waals surface area contributed by atoms with E-state index in [1.807, 2.05) is 0 Å². The molecular formula is C14H15F3O. The number of carbonyl (C=O) groups is 1. The Balaban J connectivity index is 2.08. The van der Waals surface area contributed by atoms with E-state index < -0.39 is 17.5 Å². The minimum atomic E-state index is -1.41. The zero-order valence-electron chi connectivity index (χ0n) is 9.96. The van der Waals surface area contributed by atoms with E-state index >= 15 is 0 Å². The highest BCUT2D eigenvalue weighted by molar-refractivity contribution is 5.49. The quantitative estimate of drug-likeness (QED) is 0.591. The van der Waals surface area contributed by atoms with E-state index in [1.165, 1.54) is 0 Å². The lowest BCUT2D eigenvalue weighted by atomic mass is 9.78. The molecule has 0 radical (unpaired) electrons. The van der Waals surface area contributed by atoms with Crippen LogP contribution in [0.4, 0.5) is 13.2 Å². The van der Waals surface area contributed by atoms with Crippen molar-refractivity contribution in [1.82, 2.24) is 0 Å². The van der Waals surface area contributed by atoms with Crippen LogP contribution in [0.25, 0.3) is 0 Å². The maximum atomic E-state index is 13.1. The van der Waals surface area contributed by atoms with Gasteiger partial charge in [-0.2, -0.15) is 0 Å². The maximum Gasteiger partial charge on any atom is 0.194 e. The zero-order valence-corrected chi connectivity index (χ0v) is 9.96. The van der Waals surface area contributed by atoms with Crippen molar-refractivity contribution in [3.8, 4) is 0 Å². The first-order valence-electron chi connectivity index (χ1n) is 6.20. The maximum absolute atomic E-state index is 13.1. The van der Waals surface area contributed by atoms with Crippen LogP contribution in [0, 0.1) is 23.4 Å². The summed E-state index contributed by atoms with van der Waals surface area (Å²) >= 11 is 0. The van der Waals surface area contributed by atoms with Gasteiger partial charge in [-0.15, -0.1) is 0 Å². The van der Waals surface area contributed by atoms with Gasteiger partial charge in [-0.05, 0) is 55.2 Å². The Morgan fingerprint density at radius 2 is 1.61 bits per heavy atom.